The van der Waals surface area contributed by atoms with Crippen molar-refractivity contribution in [3.05, 3.63) is 29.3 Å². The molecule has 136 valence electrons. The summed E-state index contributed by atoms with van der Waals surface area (Å²) >= 11 is 0. The van der Waals surface area contributed by atoms with E-state index < -0.39 is 0 Å². The average Bonchev–Trinajstić information content (AvgIpc) is 2.60. The van der Waals surface area contributed by atoms with Crippen LogP contribution >= 0.6 is 0 Å². The van der Waals surface area contributed by atoms with Crippen molar-refractivity contribution >= 4 is 23.5 Å². The number of rotatable bonds is 6. The van der Waals surface area contributed by atoms with E-state index in [0.29, 0.717) is 30.9 Å². The molecule has 1 aliphatic rings. The van der Waals surface area contributed by atoms with Gasteiger partial charge in [-0.3, -0.25) is 14.5 Å². The maximum Gasteiger partial charge on any atom is 0.319 e. The lowest BCUT2D eigenvalue weighted by atomic mass is 10.1. The van der Waals surface area contributed by atoms with Crippen LogP contribution in [-0.4, -0.2) is 62.5 Å². The molecule has 1 aliphatic heterocycles. The monoisotopic (exact) mass is 347 g/mol. The van der Waals surface area contributed by atoms with Crippen molar-refractivity contribution in [2.24, 2.45) is 0 Å². The number of urea groups is 1. The molecule has 0 spiro atoms. The van der Waals surface area contributed by atoms with Gasteiger partial charge in [0.25, 0.3) is 5.91 Å². The highest BCUT2D eigenvalue weighted by atomic mass is 16.2. The van der Waals surface area contributed by atoms with Crippen LogP contribution in [-0.2, 0) is 4.79 Å². The molecule has 1 fully saturated rings. The fraction of sp³-hybridized carbons (Fsp3) is 0.471. The summed E-state index contributed by atoms with van der Waals surface area (Å²) in [4.78, 5) is 37.2. The molecule has 4 amide bonds. The highest BCUT2D eigenvalue weighted by molar-refractivity contribution is 5.98. The quantitative estimate of drug-likeness (QED) is 0.556. The van der Waals surface area contributed by atoms with Crippen molar-refractivity contribution in [3.63, 3.8) is 0 Å². The second-order valence-corrected chi connectivity index (χ2v) is 5.92. The van der Waals surface area contributed by atoms with Crippen LogP contribution in [0, 0.1) is 6.92 Å². The van der Waals surface area contributed by atoms with Crippen molar-refractivity contribution in [1.29, 1.82) is 0 Å². The molecule has 0 aromatic heterocycles. The topological polar surface area (TPSA) is 103 Å². The van der Waals surface area contributed by atoms with Gasteiger partial charge in [0, 0.05) is 44.5 Å². The van der Waals surface area contributed by atoms with Gasteiger partial charge in [0.05, 0.1) is 6.54 Å². The van der Waals surface area contributed by atoms with Gasteiger partial charge < -0.3 is 21.3 Å². The van der Waals surface area contributed by atoms with E-state index in [1.165, 1.54) is 0 Å². The number of benzene rings is 1. The molecular formula is C17H25N5O3. The van der Waals surface area contributed by atoms with Crippen LogP contribution < -0.4 is 21.3 Å². The maximum absolute atomic E-state index is 12.0. The Hall–Kier alpha value is -2.61. The first-order chi connectivity index (χ1) is 12.0. The van der Waals surface area contributed by atoms with Gasteiger partial charge >= 0.3 is 6.03 Å². The number of nitrogens with one attached hydrogen (secondary N) is 4. The molecule has 8 nitrogen and oxygen atoms in total. The number of anilines is 1. The summed E-state index contributed by atoms with van der Waals surface area (Å²) in [6, 6.07) is 4.89. The van der Waals surface area contributed by atoms with Crippen LogP contribution in [0.2, 0.25) is 0 Å². The molecule has 0 saturated carbocycles. The lowest BCUT2D eigenvalue weighted by molar-refractivity contribution is -0.124. The Bertz CT molecular complexity index is 647. The third-order valence-corrected chi connectivity index (χ3v) is 4.11. The maximum atomic E-state index is 12.0. The van der Waals surface area contributed by atoms with E-state index in [2.05, 4.69) is 26.2 Å². The zero-order valence-electron chi connectivity index (χ0n) is 14.6. The van der Waals surface area contributed by atoms with E-state index in [4.69, 9.17) is 0 Å². The van der Waals surface area contributed by atoms with Crippen LogP contribution in [0.3, 0.4) is 0 Å². The van der Waals surface area contributed by atoms with E-state index in [9.17, 15) is 14.4 Å². The third kappa shape index (κ3) is 5.46. The predicted octanol–water partition coefficient (Wildman–Crippen LogP) is 0.298. The Balaban J connectivity index is 1.77. The van der Waals surface area contributed by atoms with E-state index in [1.54, 1.807) is 32.2 Å². The zero-order valence-corrected chi connectivity index (χ0v) is 14.6. The van der Waals surface area contributed by atoms with E-state index in [-0.39, 0.29) is 17.8 Å². The molecule has 4 N–H and O–H groups in total. The van der Waals surface area contributed by atoms with E-state index in [0.717, 1.165) is 25.1 Å². The molecule has 1 heterocycles. The molecule has 25 heavy (non-hydrogen) atoms. The summed E-state index contributed by atoms with van der Waals surface area (Å²) in [5, 5.41) is 10.9. The first kappa shape index (κ1) is 18.7. The summed E-state index contributed by atoms with van der Waals surface area (Å²) in [6.45, 7) is 4.99. The fourth-order valence-corrected chi connectivity index (χ4v) is 2.71. The van der Waals surface area contributed by atoms with Gasteiger partial charge in [0.15, 0.2) is 0 Å². The van der Waals surface area contributed by atoms with Gasteiger partial charge in [0.2, 0.25) is 5.91 Å². The van der Waals surface area contributed by atoms with Crippen molar-refractivity contribution in [3.8, 4) is 0 Å². The average molecular weight is 347 g/mol. The van der Waals surface area contributed by atoms with Crippen LogP contribution in [0.1, 0.15) is 22.3 Å². The Labute approximate surface area is 147 Å². The van der Waals surface area contributed by atoms with Crippen LogP contribution in [0.4, 0.5) is 10.5 Å². The largest absolute Gasteiger partial charge is 0.355 e. The Kier molecular flexibility index (Phi) is 6.76. The first-order valence-electron chi connectivity index (χ1n) is 8.37. The molecule has 1 aromatic carbocycles. The molecule has 0 aliphatic carbocycles. The number of amides is 4. The lowest BCUT2D eigenvalue weighted by Gasteiger charge is -2.26. The molecule has 0 bridgehead atoms. The van der Waals surface area contributed by atoms with E-state index >= 15 is 0 Å². The minimum Gasteiger partial charge on any atom is -0.355 e. The van der Waals surface area contributed by atoms with Crippen molar-refractivity contribution in [2.75, 3.05) is 45.1 Å². The Morgan fingerprint density at radius 2 is 2.12 bits per heavy atom. The molecule has 1 saturated heterocycles. The highest BCUT2D eigenvalue weighted by Crippen LogP contribution is 2.18. The standard InChI is InChI=1S/C17H25N5O3/c1-12-13(16(24)18-2)5-3-6-14(12)21-17(25)20-7-4-9-22-10-8-19-15(23)11-22/h3,5-6H,4,7-11H2,1-2H3,(H,18,24)(H,19,23)(H2,20,21,25). The summed E-state index contributed by atoms with van der Waals surface area (Å²) in [7, 11) is 1.57. The normalized spacial score (nSPS) is 14.6. The second-order valence-electron chi connectivity index (χ2n) is 5.92. The number of hydrogen-bond acceptors (Lipinski definition) is 4. The summed E-state index contributed by atoms with van der Waals surface area (Å²) in [6.07, 6.45) is 0.762. The third-order valence-electron chi connectivity index (χ3n) is 4.11. The van der Waals surface area contributed by atoms with Crippen molar-refractivity contribution in [2.45, 2.75) is 13.3 Å². The summed E-state index contributed by atoms with van der Waals surface area (Å²) in [5.41, 5.74) is 1.85. The second kappa shape index (κ2) is 9.03. The fourth-order valence-electron chi connectivity index (χ4n) is 2.71. The molecule has 0 atom stereocenters. The summed E-state index contributed by atoms with van der Waals surface area (Å²) in [5.74, 6) is -0.143. The van der Waals surface area contributed by atoms with Crippen LogP contribution in [0.25, 0.3) is 0 Å². The zero-order chi connectivity index (χ0) is 18.2. The van der Waals surface area contributed by atoms with E-state index in [1.807, 2.05) is 0 Å². The van der Waals surface area contributed by atoms with Gasteiger partial charge in [-0.15, -0.1) is 0 Å². The Morgan fingerprint density at radius 1 is 1.32 bits per heavy atom. The van der Waals surface area contributed by atoms with Gasteiger partial charge in [0.1, 0.15) is 0 Å². The van der Waals surface area contributed by atoms with Crippen molar-refractivity contribution in [1.82, 2.24) is 20.9 Å². The van der Waals surface area contributed by atoms with Gasteiger partial charge in [-0.1, -0.05) is 6.07 Å². The molecule has 8 heteroatoms. The number of carbonyl (C=O) groups is 3. The van der Waals surface area contributed by atoms with Gasteiger partial charge in [-0.25, -0.2) is 4.79 Å². The van der Waals surface area contributed by atoms with Crippen molar-refractivity contribution < 1.29 is 14.4 Å². The number of piperazine rings is 1. The molecule has 0 radical (unpaired) electrons. The number of hydrogen-bond donors (Lipinski definition) is 4. The van der Waals surface area contributed by atoms with Gasteiger partial charge in [-0.2, -0.15) is 0 Å². The Morgan fingerprint density at radius 3 is 2.84 bits per heavy atom. The molecular weight excluding hydrogens is 322 g/mol. The first-order valence-corrected chi connectivity index (χ1v) is 8.37. The number of nitrogens with zero attached hydrogens (tertiary/aromatic N) is 1. The predicted molar refractivity (Wildman–Crippen MR) is 95.7 cm³/mol. The minimum atomic E-state index is -0.312. The minimum absolute atomic E-state index is 0.0448. The van der Waals surface area contributed by atoms with Gasteiger partial charge in [-0.05, 0) is 31.0 Å². The molecule has 1 aromatic rings. The summed E-state index contributed by atoms with van der Waals surface area (Å²) < 4.78 is 0. The number of carbonyl (C=O) groups excluding carboxylic acids is 3. The smallest absolute Gasteiger partial charge is 0.319 e. The molecule has 2 rings (SSSR count). The lowest BCUT2D eigenvalue weighted by Crippen LogP contribution is -2.48. The van der Waals surface area contributed by atoms with Crippen LogP contribution in [0.5, 0.6) is 0 Å². The molecule has 0 unspecified atom stereocenters. The highest BCUT2D eigenvalue weighted by Gasteiger charge is 2.15. The SMILES string of the molecule is CNC(=O)c1cccc(NC(=O)NCCCN2CCNC(=O)C2)c1C. The van der Waals surface area contributed by atoms with Crippen LogP contribution in [0.15, 0.2) is 18.2 Å².